The van der Waals surface area contributed by atoms with Crippen LogP contribution in [0.5, 0.6) is 5.75 Å². The molecule has 5 rings (SSSR count). The largest absolute Gasteiger partial charge is 0.496 e. The van der Waals surface area contributed by atoms with Gasteiger partial charge in [0.05, 0.1) is 29.7 Å². The molecule has 0 bridgehead atoms. The minimum atomic E-state index is -0.454. The molecule has 36 heavy (non-hydrogen) atoms. The predicted molar refractivity (Wildman–Crippen MR) is 144 cm³/mol. The molecule has 1 atom stereocenters. The van der Waals surface area contributed by atoms with Crippen molar-refractivity contribution in [1.29, 1.82) is 0 Å². The third kappa shape index (κ3) is 3.81. The number of anilines is 1. The number of hydrogen-bond acceptors (Lipinski definition) is 3. The summed E-state index contributed by atoms with van der Waals surface area (Å²) < 4.78 is 9.23. The van der Waals surface area contributed by atoms with Crippen molar-refractivity contribution in [2.75, 3.05) is 12.0 Å². The summed E-state index contributed by atoms with van der Waals surface area (Å²) in [6.07, 6.45) is 1.64. The van der Waals surface area contributed by atoms with Crippen LogP contribution in [0.15, 0.2) is 71.7 Å². The van der Waals surface area contributed by atoms with Gasteiger partial charge in [0.15, 0.2) is 0 Å². The Kier molecular flexibility index (Phi) is 6.18. The number of benzene rings is 2. The van der Waals surface area contributed by atoms with E-state index in [2.05, 4.69) is 18.4 Å². The van der Waals surface area contributed by atoms with Gasteiger partial charge in [-0.1, -0.05) is 47.5 Å². The first-order valence-electron chi connectivity index (χ1n) is 11.6. The van der Waals surface area contributed by atoms with E-state index < -0.39 is 6.04 Å². The lowest BCUT2D eigenvalue weighted by Gasteiger charge is -2.29. The van der Waals surface area contributed by atoms with Gasteiger partial charge in [0, 0.05) is 29.9 Å². The summed E-state index contributed by atoms with van der Waals surface area (Å²) in [5, 5.41) is 0.657. The number of carbonyl (C=O) groups is 1. The van der Waals surface area contributed by atoms with Gasteiger partial charge >= 0.3 is 0 Å². The van der Waals surface area contributed by atoms with Crippen molar-refractivity contribution in [1.82, 2.24) is 9.13 Å². The molecule has 4 aromatic rings. The van der Waals surface area contributed by atoms with Gasteiger partial charge in [-0.3, -0.25) is 14.5 Å². The molecular weight excluding hydrogens is 497 g/mol. The van der Waals surface area contributed by atoms with Gasteiger partial charge < -0.3 is 13.9 Å². The quantitative estimate of drug-likeness (QED) is 0.301. The molecule has 0 aliphatic carbocycles. The van der Waals surface area contributed by atoms with Crippen LogP contribution in [0.1, 0.15) is 47.5 Å². The average Bonchev–Trinajstić information content (AvgIpc) is 3.38. The summed E-state index contributed by atoms with van der Waals surface area (Å²) in [5.41, 5.74) is 4.37. The van der Waals surface area contributed by atoms with E-state index in [1.165, 1.54) is 4.57 Å². The number of halogens is 2. The first-order valence-corrected chi connectivity index (χ1v) is 12.3. The third-order valence-electron chi connectivity index (χ3n) is 6.53. The second-order valence-corrected chi connectivity index (χ2v) is 9.93. The summed E-state index contributed by atoms with van der Waals surface area (Å²) in [4.78, 5) is 28.0. The summed E-state index contributed by atoms with van der Waals surface area (Å²) in [5.74, 6) is 0.558. The van der Waals surface area contributed by atoms with Crippen molar-refractivity contribution in [2.24, 2.45) is 7.05 Å². The number of para-hydroxylation sites is 1. The van der Waals surface area contributed by atoms with E-state index in [9.17, 15) is 9.59 Å². The Bertz CT molecular complexity index is 1510. The van der Waals surface area contributed by atoms with Crippen LogP contribution in [0.2, 0.25) is 10.0 Å². The van der Waals surface area contributed by atoms with Gasteiger partial charge in [0.1, 0.15) is 16.8 Å². The second kappa shape index (κ2) is 9.19. The smallest absolute Gasteiger partial charge is 0.269 e. The van der Waals surface area contributed by atoms with Gasteiger partial charge in [0.25, 0.3) is 11.5 Å². The Hall–Kier alpha value is -3.48. The fraction of sp³-hybridized carbons (Fsp3) is 0.214. The van der Waals surface area contributed by atoms with Crippen LogP contribution in [0.4, 0.5) is 5.69 Å². The van der Waals surface area contributed by atoms with Crippen molar-refractivity contribution in [2.45, 2.75) is 25.9 Å². The van der Waals surface area contributed by atoms with Gasteiger partial charge in [-0.15, -0.1) is 0 Å². The van der Waals surface area contributed by atoms with E-state index in [0.717, 1.165) is 28.3 Å². The van der Waals surface area contributed by atoms with E-state index in [1.54, 1.807) is 31.3 Å². The molecule has 0 fully saturated rings. The number of aromatic nitrogens is 2. The Morgan fingerprint density at radius 2 is 1.64 bits per heavy atom. The first kappa shape index (κ1) is 24.2. The van der Waals surface area contributed by atoms with E-state index >= 15 is 0 Å². The third-order valence-corrected chi connectivity index (χ3v) is 7.05. The molecule has 1 unspecified atom stereocenters. The highest BCUT2D eigenvalue weighted by atomic mass is 35.5. The SMILES string of the molecule is COc1ccccc1-c1cc2c(n1C(C)C)C(c1ccc(Cl)cc1)N(c1cc(Cl)c(=O)n(C)c1)C2=O. The molecule has 8 heteroatoms. The summed E-state index contributed by atoms with van der Waals surface area (Å²) >= 11 is 12.5. The zero-order valence-electron chi connectivity index (χ0n) is 20.3. The zero-order chi connectivity index (χ0) is 25.7. The van der Waals surface area contributed by atoms with Crippen molar-refractivity contribution in [3.63, 3.8) is 0 Å². The highest BCUT2D eigenvalue weighted by Crippen LogP contribution is 2.47. The summed E-state index contributed by atoms with van der Waals surface area (Å²) in [6.45, 7) is 4.18. The fourth-order valence-electron chi connectivity index (χ4n) is 4.98. The maximum absolute atomic E-state index is 14.1. The lowest BCUT2D eigenvalue weighted by Crippen LogP contribution is -2.31. The lowest BCUT2D eigenvalue weighted by atomic mass is 10.0. The molecule has 6 nitrogen and oxygen atoms in total. The maximum atomic E-state index is 14.1. The van der Waals surface area contributed by atoms with E-state index in [-0.39, 0.29) is 22.5 Å². The molecule has 3 heterocycles. The predicted octanol–water partition coefficient (Wildman–Crippen LogP) is 6.50. The molecule has 0 radical (unpaired) electrons. The van der Waals surface area contributed by atoms with Gasteiger partial charge in [0.2, 0.25) is 0 Å². The number of rotatable bonds is 5. The number of methoxy groups -OCH3 is 1. The molecule has 184 valence electrons. The molecular formula is C28H25Cl2N3O3. The standard InChI is InChI=1S/C28H25Cl2N3O3/c1-16(2)32-23(20-7-5-6-8-24(20)36-4)14-21-26(32)25(17-9-11-18(29)12-10-17)33(27(21)34)19-13-22(30)28(35)31(3)15-19/h5-16,25H,1-4H3. The average molecular weight is 522 g/mol. The molecule has 2 aromatic heterocycles. The number of carbonyl (C=O) groups excluding carboxylic acids is 1. The van der Waals surface area contributed by atoms with Crippen LogP contribution in [-0.4, -0.2) is 22.2 Å². The molecule has 0 saturated heterocycles. The Morgan fingerprint density at radius 1 is 0.944 bits per heavy atom. The minimum Gasteiger partial charge on any atom is -0.496 e. The number of amides is 1. The van der Waals surface area contributed by atoms with E-state index in [4.69, 9.17) is 27.9 Å². The Labute approximate surface area is 219 Å². The molecule has 0 saturated carbocycles. The first-order chi connectivity index (χ1) is 17.2. The maximum Gasteiger partial charge on any atom is 0.269 e. The number of aryl methyl sites for hydroxylation is 1. The van der Waals surface area contributed by atoms with Crippen molar-refractivity contribution in [3.8, 4) is 17.0 Å². The summed E-state index contributed by atoms with van der Waals surface area (Å²) in [6, 6.07) is 18.3. The van der Waals surface area contributed by atoms with Crippen LogP contribution in [0, 0.1) is 0 Å². The van der Waals surface area contributed by atoms with Gasteiger partial charge in [-0.2, -0.15) is 0 Å². The summed E-state index contributed by atoms with van der Waals surface area (Å²) in [7, 11) is 3.26. The zero-order valence-corrected chi connectivity index (χ0v) is 21.8. The minimum absolute atomic E-state index is 0.0416. The molecule has 1 amide bonds. The number of ether oxygens (including phenoxy) is 1. The van der Waals surface area contributed by atoms with E-state index in [1.807, 2.05) is 54.6 Å². The van der Waals surface area contributed by atoms with E-state index in [0.29, 0.717) is 16.3 Å². The van der Waals surface area contributed by atoms with Crippen LogP contribution < -0.4 is 15.2 Å². The van der Waals surface area contributed by atoms with Gasteiger partial charge in [-0.05, 0) is 55.8 Å². The number of fused-ring (bicyclic) bond motifs is 1. The van der Waals surface area contributed by atoms with Crippen LogP contribution in [0.25, 0.3) is 11.3 Å². The molecule has 0 spiro atoms. The topological polar surface area (TPSA) is 56.5 Å². The van der Waals surface area contributed by atoms with Crippen LogP contribution >= 0.6 is 23.2 Å². The van der Waals surface area contributed by atoms with Gasteiger partial charge in [-0.25, -0.2) is 0 Å². The monoisotopic (exact) mass is 521 g/mol. The number of nitrogens with zero attached hydrogens (tertiary/aromatic N) is 3. The van der Waals surface area contributed by atoms with Crippen molar-refractivity contribution < 1.29 is 9.53 Å². The van der Waals surface area contributed by atoms with Crippen molar-refractivity contribution in [3.05, 3.63) is 104 Å². The number of hydrogen-bond donors (Lipinski definition) is 0. The highest BCUT2D eigenvalue weighted by Gasteiger charge is 2.43. The normalized spacial score (nSPS) is 15.0. The second-order valence-electron chi connectivity index (χ2n) is 9.08. The Morgan fingerprint density at radius 3 is 2.28 bits per heavy atom. The number of pyridine rings is 1. The highest BCUT2D eigenvalue weighted by molar-refractivity contribution is 6.31. The van der Waals surface area contributed by atoms with Crippen molar-refractivity contribution >= 4 is 34.8 Å². The molecule has 0 N–H and O–H groups in total. The molecule has 2 aromatic carbocycles. The fourth-order valence-corrected chi connectivity index (χ4v) is 5.36. The lowest BCUT2D eigenvalue weighted by molar-refractivity contribution is 0.0993. The molecule has 1 aliphatic rings. The van der Waals surface area contributed by atoms with Crippen LogP contribution in [-0.2, 0) is 7.05 Å². The van der Waals surface area contributed by atoms with Crippen LogP contribution in [0.3, 0.4) is 0 Å². The Balaban J connectivity index is 1.80. The molecule has 1 aliphatic heterocycles.